The van der Waals surface area contributed by atoms with Gasteiger partial charge in [-0.05, 0) is 116 Å². The smallest absolute Gasteiger partial charge is 0.311 e. The standard InChI is InChI=1S/C58H90N2O14/c1-14-46-58(10,66)51(63)37(4)48(61)35(2)33-57(9,68-13)53(38(5)50(39(6)54(65)72-46)73-47-34-56(8,67-12)52(64)40(7)71-47)74-55-49(62)45(32-36(3)70-55)59(11)28-19-31-69-43-25-23-41(24-26-43)20-17-18-29-60-30-27-42-21-15-16-22-44(42)60/h15-17,20-26,35-40,45-47,49-53,55,62-64,66H,14,18-19,27-34H2,1-13H3/b20-17-/t35-,36-,37+,38+,39-,40+,45+,46?,47+,49?,50+,51-,52+,53-,55+,56-,57-,58-/m1/s1. The predicted octanol–water partition coefficient (Wildman–Crippen LogP) is 6.75. The lowest BCUT2D eigenvalue weighted by Crippen LogP contribution is -2.61. The van der Waals surface area contributed by atoms with Crippen LogP contribution in [0.4, 0.5) is 5.69 Å². The first-order valence-corrected chi connectivity index (χ1v) is 27.1. The summed E-state index contributed by atoms with van der Waals surface area (Å²) in [6, 6.07) is 16.4. The number of fused-ring (bicyclic) bond motifs is 1. The second kappa shape index (κ2) is 25.8. The molecule has 0 bridgehead atoms. The van der Waals surface area contributed by atoms with E-state index in [4.69, 9.17) is 37.9 Å². The molecule has 4 aliphatic rings. The van der Waals surface area contributed by atoms with Gasteiger partial charge in [-0.3, -0.25) is 9.59 Å². The van der Waals surface area contributed by atoms with Crippen LogP contribution in [0.5, 0.6) is 5.75 Å². The van der Waals surface area contributed by atoms with E-state index in [0.717, 1.165) is 37.2 Å². The first-order chi connectivity index (χ1) is 35.0. The van der Waals surface area contributed by atoms with Crippen LogP contribution < -0.4 is 9.64 Å². The number of nitrogens with zero attached hydrogens (tertiary/aromatic N) is 2. The lowest BCUT2D eigenvalue weighted by Gasteiger charge is -2.50. The number of benzene rings is 2. The van der Waals surface area contributed by atoms with Crippen molar-refractivity contribution in [3.63, 3.8) is 0 Å². The van der Waals surface area contributed by atoms with Crippen LogP contribution >= 0.6 is 0 Å². The van der Waals surface area contributed by atoms with E-state index in [0.29, 0.717) is 26.0 Å². The van der Waals surface area contributed by atoms with Gasteiger partial charge in [-0.2, -0.15) is 0 Å². The third-order valence-electron chi connectivity index (χ3n) is 16.8. The summed E-state index contributed by atoms with van der Waals surface area (Å²) < 4.78 is 51.0. The van der Waals surface area contributed by atoms with Crippen LogP contribution in [-0.4, -0.2) is 169 Å². The van der Waals surface area contributed by atoms with Crippen molar-refractivity contribution in [3.8, 4) is 5.75 Å². The van der Waals surface area contributed by atoms with E-state index in [2.05, 4.69) is 58.4 Å². The zero-order valence-electron chi connectivity index (χ0n) is 46.5. The lowest BCUT2D eigenvalue weighted by molar-refractivity contribution is -0.319. The number of aliphatic hydroxyl groups excluding tert-OH is 3. The Morgan fingerprint density at radius 1 is 0.865 bits per heavy atom. The fourth-order valence-corrected chi connectivity index (χ4v) is 11.9. The van der Waals surface area contributed by atoms with Gasteiger partial charge in [0.2, 0.25) is 0 Å². The van der Waals surface area contributed by atoms with Crippen molar-refractivity contribution < 1.29 is 67.9 Å². The average molecular weight is 1040 g/mol. The molecule has 0 saturated carbocycles. The molecule has 3 fully saturated rings. The van der Waals surface area contributed by atoms with Gasteiger partial charge < -0.3 is 68.1 Å². The third-order valence-corrected chi connectivity index (χ3v) is 16.8. The van der Waals surface area contributed by atoms with Gasteiger partial charge in [-0.25, -0.2) is 0 Å². The Morgan fingerprint density at radius 3 is 2.23 bits per heavy atom. The van der Waals surface area contributed by atoms with Gasteiger partial charge in [-0.1, -0.05) is 70.2 Å². The second-order valence-electron chi connectivity index (χ2n) is 22.5. The Labute approximate surface area is 440 Å². The molecule has 4 heterocycles. The zero-order chi connectivity index (χ0) is 54.3. The van der Waals surface area contributed by atoms with Gasteiger partial charge in [0.15, 0.2) is 12.6 Å². The number of hydrogen-bond acceptors (Lipinski definition) is 16. The van der Waals surface area contributed by atoms with Gasteiger partial charge >= 0.3 is 5.97 Å². The number of Topliss-reactive ketones (excluding diaryl/α,β-unsaturated/α-hetero) is 1. The van der Waals surface area contributed by atoms with E-state index >= 15 is 0 Å². The monoisotopic (exact) mass is 1040 g/mol. The van der Waals surface area contributed by atoms with Crippen LogP contribution in [0.15, 0.2) is 54.6 Å². The van der Waals surface area contributed by atoms with Crippen molar-refractivity contribution in [2.45, 2.75) is 198 Å². The summed E-state index contributed by atoms with van der Waals surface area (Å²) in [7, 11) is 4.99. The van der Waals surface area contributed by atoms with Gasteiger partial charge in [0.05, 0.1) is 54.2 Å². The third kappa shape index (κ3) is 13.8. The minimum atomic E-state index is -1.99. The number of carbonyl (C=O) groups excluding carboxylic acids is 2. The maximum atomic E-state index is 14.5. The van der Waals surface area contributed by atoms with E-state index in [-0.39, 0.29) is 37.2 Å². The van der Waals surface area contributed by atoms with Gasteiger partial charge in [-0.15, -0.1) is 0 Å². The first kappa shape index (κ1) is 59.7. The molecule has 16 nitrogen and oxygen atoms in total. The van der Waals surface area contributed by atoms with Crippen LogP contribution in [0, 0.1) is 23.7 Å². The van der Waals surface area contributed by atoms with Gasteiger partial charge in [0, 0.05) is 69.8 Å². The molecule has 6 rings (SSSR count). The summed E-state index contributed by atoms with van der Waals surface area (Å²) in [6.45, 7) is 20.3. The number of ether oxygens (including phenoxy) is 8. The molecule has 416 valence electrons. The number of methoxy groups -OCH3 is 2. The van der Waals surface area contributed by atoms with E-state index in [1.165, 1.54) is 32.4 Å². The fourth-order valence-electron chi connectivity index (χ4n) is 11.9. The van der Waals surface area contributed by atoms with Crippen molar-refractivity contribution in [1.82, 2.24) is 4.90 Å². The molecule has 18 atom stereocenters. The van der Waals surface area contributed by atoms with Crippen molar-refractivity contribution in [2.75, 3.05) is 52.4 Å². The van der Waals surface area contributed by atoms with Gasteiger partial charge in [0.25, 0.3) is 0 Å². The molecule has 2 aromatic rings. The maximum absolute atomic E-state index is 14.5. The molecular weight excluding hydrogens is 949 g/mol. The Balaban J connectivity index is 1.18. The number of cyclic esters (lactones) is 1. The number of anilines is 1. The Hall–Kier alpha value is -3.52. The van der Waals surface area contributed by atoms with Crippen molar-refractivity contribution in [3.05, 3.63) is 65.7 Å². The van der Waals surface area contributed by atoms with E-state index < -0.39 is 102 Å². The van der Waals surface area contributed by atoms with Crippen LogP contribution in [-0.2, 0) is 49.2 Å². The highest BCUT2D eigenvalue weighted by Gasteiger charge is 2.54. The number of ketones is 1. The van der Waals surface area contributed by atoms with E-state index in [1.54, 1.807) is 41.5 Å². The molecule has 0 radical (unpaired) electrons. The highest BCUT2D eigenvalue weighted by molar-refractivity contribution is 5.83. The Kier molecular flexibility index (Phi) is 20.8. The van der Waals surface area contributed by atoms with Gasteiger partial charge in [0.1, 0.15) is 35.4 Å². The molecule has 0 spiro atoms. The molecule has 0 aliphatic carbocycles. The number of likely N-dealkylation sites (N-methyl/N-ethyl adjacent to an activating group) is 1. The molecule has 16 heteroatoms. The minimum Gasteiger partial charge on any atom is -0.494 e. The number of hydrogen-bond donors (Lipinski definition) is 4. The molecule has 0 amide bonds. The molecule has 2 aromatic carbocycles. The molecule has 0 aromatic heterocycles. The van der Waals surface area contributed by atoms with Crippen molar-refractivity contribution in [2.24, 2.45) is 23.7 Å². The van der Waals surface area contributed by atoms with E-state index in [1.807, 2.05) is 40.0 Å². The largest absolute Gasteiger partial charge is 0.494 e. The highest BCUT2D eigenvalue weighted by Crippen LogP contribution is 2.42. The van der Waals surface area contributed by atoms with Crippen LogP contribution in [0.3, 0.4) is 0 Å². The molecule has 3 saturated heterocycles. The Morgan fingerprint density at radius 2 is 1.55 bits per heavy atom. The SMILES string of the molecule is CCC1OC(=O)[C@H](C)[C@@H](O[C@H]2C[C@@](C)(OC)[C@@H](O)[C@H](C)O2)[C@H](C)[C@@H](O[C@@H]2O[C@H](C)C[C@H](N(C)CCCOc3ccc(/C=C\CCN4CCc5ccccc54)cc3)C2O)[C@](C)(OC)C[C@@H](C)C(=O)[C@H](C)[C@@H](O)[C@]1(C)O. The summed E-state index contributed by atoms with van der Waals surface area (Å²) in [4.78, 5) is 33.3. The molecule has 4 N–H and O–H groups in total. The quantitative estimate of drug-likeness (QED) is 0.0960. The number of aliphatic hydroxyl groups is 4. The van der Waals surface area contributed by atoms with Crippen LogP contribution in [0.25, 0.3) is 6.08 Å². The topological polar surface area (TPSA) is 195 Å². The summed E-state index contributed by atoms with van der Waals surface area (Å²) in [5, 5.41) is 46.8. The first-order valence-electron chi connectivity index (χ1n) is 27.1. The lowest BCUT2D eigenvalue weighted by atomic mass is 9.74. The number of esters is 1. The van der Waals surface area contributed by atoms with Crippen molar-refractivity contribution >= 4 is 23.5 Å². The normalized spacial score (nSPS) is 38.7. The molecular formula is C58H90N2O14. The summed E-state index contributed by atoms with van der Waals surface area (Å²) in [5.41, 5.74) is -0.470. The molecule has 2 unspecified atom stereocenters. The van der Waals surface area contributed by atoms with Crippen molar-refractivity contribution in [1.29, 1.82) is 0 Å². The van der Waals surface area contributed by atoms with Crippen LogP contribution in [0.1, 0.15) is 119 Å². The number of rotatable bonds is 17. The highest BCUT2D eigenvalue weighted by atomic mass is 16.7. The number of para-hydroxylation sites is 1. The molecule has 74 heavy (non-hydrogen) atoms. The maximum Gasteiger partial charge on any atom is 0.311 e. The number of carbonyl (C=O) groups is 2. The zero-order valence-corrected chi connectivity index (χ0v) is 46.5. The van der Waals surface area contributed by atoms with E-state index in [9.17, 15) is 30.0 Å². The minimum absolute atomic E-state index is 0.0833. The summed E-state index contributed by atoms with van der Waals surface area (Å²) in [5.74, 6) is -3.86. The summed E-state index contributed by atoms with van der Waals surface area (Å²) in [6.07, 6.45) is -2.18. The summed E-state index contributed by atoms with van der Waals surface area (Å²) >= 11 is 0. The second-order valence-corrected chi connectivity index (χ2v) is 22.5. The predicted molar refractivity (Wildman–Crippen MR) is 283 cm³/mol. The average Bonchev–Trinajstić information content (AvgIpc) is 3.80. The van der Waals surface area contributed by atoms with Crippen LogP contribution in [0.2, 0.25) is 0 Å². The molecule has 4 aliphatic heterocycles. The fraction of sp³-hybridized carbons (Fsp3) is 0.724. The Bertz CT molecular complexity index is 2140.